The van der Waals surface area contributed by atoms with Gasteiger partial charge in [-0.2, -0.15) is 12.1 Å². The molecule has 0 fully saturated rings. The molecule has 0 aliphatic rings. The van der Waals surface area contributed by atoms with Crippen molar-refractivity contribution in [3.63, 3.8) is 0 Å². The quantitative estimate of drug-likeness (QED) is 0.0422. The molecule has 0 nitrogen and oxygen atoms in total. The zero-order chi connectivity index (χ0) is 34.7. The minimum absolute atomic E-state index is 0. The molecular weight excluding hydrogens is 777 g/mol. The van der Waals surface area contributed by atoms with Gasteiger partial charge in [0.05, 0.1) is 0 Å². The van der Waals surface area contributed by atoms with Crippen molar-refractivity contribution in [2.75, 3.05) is 24.6 Å². The predicted octanol–water partition coefficient (Wildman–Crippen LogP) is 8.89. The molecule has 0 atom stereocenters. The largest absolute Gasteiger partial charge is 4.00 e. The summed E-state index contributed by atoms with van der Waals surface area (Å²) in [4.78, 5) is 0. The van der Waals surface area contributed by atoms with Crippen LogP contribution in [0.5, 0.6) is 0 Å². The van der Waals surface area contributed by atoms with Gasteiger partial charge >= 0.3 is 26.2 Å². The van der Waals surface area contributed by atoms with Gasteiger partial charge in [0.25, 0.3) is 0 Å². The molecule has 0 bridgehead atoms. The van der Waals surface area contributed by atoms with Gasteiger partial charge < -0.3 is 24.8 Å². The molecule has 0 spiro atoms. The Balaban J connectivity index is 0.000000926. The van der Waals surface area contributed by atoms with Crippen molar-refractivity contribution in [1.82, 2.24) is 0 Å². The molecule has 51 heavy (non-hydrogen) atoms. The molecule has 5 heteroatoms. The summed E-state index contributed by atoms with van der Waals surface area (Å²) in [7, 11) is 0.0788. The first kappa shape index (κ1) is 51.0. The molecule has 0 unspecified atom stereocenters. The molecule has 4 aromatic rings. The molecule has 0 aliphatic carbocycles. The number of unbranched alkanes of at least 4 members (excludes halogenated alkanes) is 12. The van der Waals surface area contributed by atoms with E-state index in [4.69, 9.17) is 0 Å². The van der Waals surface area contributed by atoms with Gasteiger partial charge in [-0.05, 0) is 64.2 Å². The van der Waals surface area contributed by atoms with Crippen molar-refractivity contribution in [3.8, 4) is 0 Å². The van der Waals surface area contributed by atoms with E-state index in [1.54, 1.807) is 10.6 Å². The van der Waals surface area contributed by atoms with E-state index in [0.29, 0.717) is 0 Å². The van der Waals surface area contributed by atoms with Crippen LogP contribution in [0.1, 0.15) is 153 Å². The second kappa shape index (κ2) is 29.3. The van der Waals surface area contributed by atoms with Crippen molar-refractivity contribution in [2.24, 2.45) is 0 Å². The first-order valence-electron chi connectivity index (χ1n) is 20.2. The zero-order valence-corrected chi connectivity index (χ0v) is 39.7. The number of benzene rings is 2. The summed E-state index contributed by atoms with van der Waals surface area (Å²) in [6.07, 6.45) is 28.1. The van der Waals surface area contributed by atoms with Crippen molar-refractivity contribution in [3.05, 3.63) is 70.8 Å². The van der Waals surface area contributed by atoms with Crippen LogP contribution in [-0.4, -0.2) is 24.6 Å². The second-order valence-corrected chi connectivity index (χ2v) is 19.7. The van der Waals surface area contributed by atoms with Crippen LogP contribution in [0.15, 0.2) is 48.5 Å². The van der Waals surface area contributed by atoms with E-state index < -0.39 is 0 Å². The van der Waals surface area contributed by atoms with Crippen LogP contribution in [0, 0.1) is 27.7 Å². The number of hydrogen-bond donors (Lipinski definition) is 0. The zero-order valence-electron chi connectivity index (χ0n) is 33.9. The van der Waals surface area contributed by atoms with Crippen molar-refractivity contribution in [1.29, 1.82) is 0 Å². The normalized spacial score (nSPS) is 11.0. The van der Waals surface area contributed by atoms with E-state index >= 15 is 0 Å². The molecule has 4 rings (SSSR count). The molecular formula is C46H72Cl2P2Zr. The van der Waals surface area contributed by atoms with Crippen LogP contribution in [0.25, 0.3) is 21.5 Å². The third kappa shape index (κ3) is 17.1. The Kier molecular flexibility index (Phi) is 29.3. The molecule has 0 radical (unpaired) electrons. The molecule has 0 amide bonds. The number of fused-ring (bicyclic) bond motifs is 2. The molecule has 284 valence electrons. The van der Waals surface area contributed by atoms with Crippen LogP contribution in [0.3, 0.4) is 0 Å². The standard InChI is InChI=1S/2C23H36P.2ClH.Zr/c2*1-5-7-9-11-15-24(16-12-10-8-6-2)21-17-22-19(3)13-14-20(4)23(22)18-21;;;/h2*13-14,17-18H,5-12,15-16H2,1-4H3;2*1H;/q2*-1;;;+4/p-2. The number of aryl methyl sites for hydroxylation is 4. The Bertz CT molecular complexity index is 1240. The second-order valence-electron chi connectivity index (χ2n) is 14.7. The van der Waals surface area contributed by atoms with Crippen LogP contribution in [0.2, 0.25) is 0 Å². The Hall–Kier alpha value is -0.0169. The summed E-state index contributed by atoms with van der Waals surface area (Å²) in [5.74, 6) is 0. The third-order valence-electron chi connectivity index (χ3n) is 10.5. The average molecular weight is 849 g/mol. The third-order valence-corrected chi connectivity index (χ3v) is 15.9. The first-order chi connectivity index (χ1) is 23.3. The van der Waals surface area contributed by atoms with Crippen LogP contribution in [-0.2, 0) is 26.2 Å². The van der Waals surface area contributed by atoms with Gasteiger partial charge in [0.15, 0.2) is 0 Å². The molecule has 0 N–H and O–H groups in total. The maximum absolute atomic E-state index is 2.53. The summed E-state index contributed by atoms with van der Waals surface area (Å²) >= 11 is 0. The van der Waals surface area contributed by atoms with E-state index in [9.17, 15) is 0 Å². The average Bonchev–Trinajstić information content (AvgIpc) is 3.75. The summed E-state index contributed by atoms with van der Waals surface area (Å²) in [5.41, 5.74) is 5.75. The molecule has 0 saturated carbocycles. The molecule has 0 heterocycles. The molecule has 4 aromatic carbocycles. The van der Waals surface area contributed by atoms with E-state index in [1.165, 1.54) is 171 Å². The van der Waals surface area contributed by atoms with E-state index in [1.807, 2.05) is 0 Å². The summed E-state index contributed by atoms with van der Waals surface area (Å²) in [5, 5.41) is 9.34. The van der Waals surface area contributed by atoms with E-state index in [0.717, 1.165) is 0 Å². The Morgan fingerprint density at radius 3 is 0.941 bits per heavy atom. The van der Waals surface area contributed by atoms with Gasteiger partial charge in [0, 0.05) is 0 Å². The van der Waals surface area contributed by atoms with E-state index in [-0.39, 0.29) is 66.9 Å². The number of hydrogen-bond acceptors (Lipinski definition) is 0. The van der Waals surface area contributed by atoms with Crippen LogP contribution >= 0.6 is 15.8 Å². The fraction of sp³-hybridized carbons (Fsp3) is 0.609. The Morgan fingerprint density at radius 2 is 0.686 bits per heavy atom. The first-order valence-corrected chi connectivity index (χ1v) is 23.6. The van der Waals surface area contributed by atoms with Crippen molar-refractivity contribution < 1.29 is 51.0 Å². The summed E-state index contributed by atoms with van der Waals surface area (Å²) < 4.78 is 0. The minimum atomic E-state index is 0. The maximum atomic E-state index is 2.53. The Labute approximate surface area is 350 Å². The van der Waals surface area contributed by atoms with E-state index in [2.05, 4.69) is 104 Å². The van der Waals surface area contributed by atoms with Crippen LogP contribution in [0.4, 0.5) is 0 Å². The molecule has 0 saturated heterocycles. The van der Waals surface area contributed by atoms with Crippen LogP contribution < -0.4 is 35.4 Å². The summed E-state index contributed by atoms with van der Waals surface area (Å²) in [6.45, 7) is 18.3. The van der Waals surface area contributed by atoms with Gasteiger partial charge in [0.1, 0.15) is 0 Å². The molecule has 0 aromatic heterocycles. The topological polar surface area (TPSA) is 0 Å². The van der Waals surface area contributed by atoms with Gasteiger partial charge in [-0.3, -0.25) is 0 Å². The van der Waals surface area contributed by atoms with Crippen molar-refractivity contribution >= 4 is 48.0 Å². The van der Waals surface area contributed by atoms with Gasteiger partial charge in [0.2, 0.25) is 0 Å². The smallest absolute Gasteiger partial charge is 1.00 e. The number of halogens is 2. The fourth-order valence-corrected chi connectivity index (χ4v) is 12.3. The maximum Gasteiger partial charge on any atom is 4.00 e. The monoisotopic (exact) mass is 846 g/mol. The van der Waals surface area contributed by atoms with Gasteiger partial charge in [-0.1, -0.05) is 158 Å². The van der Waals surface area contributed by atoms with Gasteiger partial charge in [-0.25, -0.2) is 0 Å². The SMILES string of the molecule is CCCCCCP(CCCCCC)c1cc2c(C)ccc(C)c2[cH-]1.CCCCCCP(CCCCCC)c1cc2c(C)ccc(C)c2[cH-]1.[Cl-].[Cl-].[Zr+4]. The van der Waals surface area contributed by atoms with Crippen molar-refractivity contribution in [2.45, 2.75) is 158 Å². The molecule has 0 aliphatic heterocycles. The predicted molar refractivity (Wildman–Crippen MR) is 227 cm³/mol. The minimum Gasteiger partial charge on any atom is -1.00 e. The summed E-state index contributed by atoms with van der Waals surface area (Å²) in [6, 6.07) is 19.3. The fourth-order valence-electron chi connectivity index (χ4n) is 7.17. The Morgan fingerprint density at radius 1 is 0.412 bits per heavy atom. The number of rotatable bonds is 22. The van der Waals surface area contributed by atoms with Gasteiger partial charge in [-0.15, -0.1) is 67.5 Å².